The second-order valence-corrected chi connectivity index (χ2v) is 6.53. The molecule has 1 aromatic carbocycles. The number of nitrogens with one attached hydrogen (secondary N) is 2. The molecule has 6 heteroatoms. The molecule has 3 rings (SSSR count). The summed E-state index contributed by atoms with van der Waals surface area (Å²) >= 11 is 0. The van der Waals surface area contributed by atoms with Gasteiger partial charge >= 0.3 is 0 Å². The monoisotopic (exact) mass is 312 g/mol. The van der Waals surface area contributed by atoms with Gasteiger partial charge in [0, 0.05) is 5.41 Å². The molecule has 120 valence electrons. The number of benzene rings is 1. The Kier molecular flexibility index (Phi) is 3.69. The van der Waals surface area contributed by atoms with Crippen molar-refractivity contribution >= 4 is 28.3 Å². The summed E-state index contributed by atoms with van der Waals surface area (Å²) in [4.78, 5) is 15.9. The number of hydrogen-bond acceptors (Lipinski definition) is 4. The fourth-order valence-electron chi connectivity index (χ4n) is 2.81. The zero-order valence-corrected chi connectivity index (χ0v) is 13.4. The smallest absolute Gasteiger partial charge is 0.262 e. The second kappa shape index (κ2) is 5.55. The van der Waals surface area contributed by atoms with Gasteiger partial charge in [-0.3, -0.25) is 14.4 Å². The molecule has 1 amide bonds. The van der Waals surface area contributed by atoms with Crippen molar-refractivity contribution in [1.29, 1.82) is 0 Å². The molecule has 2 aromatic heterocycles. The number of hydroxylamine groups is 1. The van der Waals surface area contributed by atoms with Gasteiger partial charge < -0.3 is 5.32 Å². The van der Waals surface area contributed by atoms with Crippen LogP contribution in [0.5, 0.6) is 0 Å². The van der Waals surface area contributed by atoms with E-state index < -0.39 is 5.91 Å². The van der Waals surface area contributed by atoms with Crippen molar-refractivity contribution in [1.82, 2.24) is 14.9 Å². The molecule has 3 aromatic rings. The minimum Gasteiger partial charge on any atom is -0.359 e. The van der Waals surface area contributed by atoms with Crippen molar-refractivity contribution in [2.45, 2.75) is 26.2 Å². The summed E-state index contributed by atoms with van der Waals surface area (Å²) in [6.07, 6.45) is 0. The lowest BCUT2D eigenvalue weighted by Crippen LogP contribution is -2.28. The maximum absolute atomic E-state index is 11.3. The number of amides is 1. The first-order valence-electron chi connectivity index (χ1n) is 7.49. The Morgan fingerprint density at radius 2 is 1.96 bits per heavy atom. The van der Waals surface area contributed by atoms with Gasteiger partial charge in [0.1, 0.15) is 11.5 Å². The van der Waals surface area contributed by atoms with Gasteiger partial charge in [-0.05, 0) is 23.6 Å². The van der Waals surface area contributed by atoms with Crippen LogP contribution in [0.15, 0.2) is 36.4 Å². The number of rotatable bonds is 3. The molecule has 0 aliphatic carbocycles. The van der Waals surface area contributed by atoms with Crippen LogP contribution in [0.4, 0.5) is 5.82 Å². The summed E-state index contributed by atoms with van der Waals surface area (Å²) in [6, 6.07) is 12.1. The Morgan fingerprint density at radius 1 is 1.22 bits per heavy atom. The van der Waals surface area contributed by atoms with E-state index in [2.05, 4.69) is 47.6 Å². The molecular weight excluding hydrogens is 292 g/mol. The third-order valence-electron chi connectivity index (χ3n) is 3.74. The van der Waals surface area contributed by atoms with Crippen LogP contribution in [-0.4, -0.2) is 27.0 Å². The number of nitrogens with zero attached hydrogens (tertiary/aromatic N) is 2. The minimum atomic E-state index is -0.508. The Labute approximate surface area is 134 Å². The number of pyridine rings is 1. The molecule has 23 heavy (non-hydrogen) atoms. The first-order valence-corrected chi connectivity index (χ1v) is 7.49. The van der Waals surface area contributed by atoms with Crippen LogP contribution >= 0.6 is 0 Å². The van der Waals surface area contributed by atoms with Gasteiger partial charge in [0.05, 0.1) is 17.8 Å². The van der Waals surface area contributed by atoms with E-state index in [1.807, 2.05) is 24.3 Å². The molecule has 0 unspecified atom stereocenters. The van der Waals surface area contributed by atoms with E-state index in [4.69, 9.17) is 5.21 Å². The van der Waals surface area contributed by atoms with Crippen LogP contribution in [0, 0.1) is 0 Å². The molecule has 0 aliphatic rings. The van der Waals surface area contributed by atoms with E-state index in [0.717, 1.165) is 22.2 Å². The van der Waals surface area contributed by atoms with Crippen LogP contribution in [-0.2, 0) is 10.2 Å². The zero-order chi connectivity index (χ0) is 16.6. The molecule has 0 aliphatic heterocycles. The second-order valence-electron chi connectivity index (χ2n) is 6.53. The van der Waals surface area contributed by atoms with Crippen molar-refractivity contribution in [2.24, 2.45) is 0 Å². The van der Waals surface area contributed by atoms with Crippen molar-refractivity contribution in [3.63, 3.8) is 0 Å². The molecule has 0 saturated heterocycles. The van der Waals surface area contributed by atoms with Crippen LogP contribution in [0.2, 0.25) is 0 Å². The molecule has 0 radical (unpaired) electrons. The molecule has 6 nitrogen and oxygen atoms in total. The largest absolute Gasteiger partial charge is 0.359 e. The predicted octanol–water partition coefficient (Wildman–Crippen LogP) is 2.70. The molecule has 3 N–H and O–H groups in total. The van der Waals surface area contributed by atoms with Gasteiger partial charge in [0.25, 0.3) is 5.91 Å². The number of imidazole rings is 1. The number of aromatic nitrogens is 2. The first kappa shape index (κ1) is 15.3. The summed E-state index contributed by atoms with van der Waals surface area (Å²) in [5.74, 6) is 0.143. The Bertz CT molecular complexity index is 877. The average molecular weight is 312 g/mol. The first-order chi connectivity index (χ1) is 10.9. The number of carbonyl (C=O) groups excluding carboxylic acids is 1. The fourth-order valence-corrected chi connectivity index (χ4v) is 2.81. The highest BCUT2D eigenvalue weighted by atomic mass is 16.5. The zero-order valence-electron chi connectivity index (χ0n) is 13.4. The predicted molar refractivity (Wildman–Crippen MR) is 89.8 cm³/mol. The summed E-state index contributed by atoms with van der Waals surface area (Å²) in [6.45, 7) is 6.28. The number of hydrogen-bond donors (Lipinski definition) is 3. The number of carbonyl (C=O) groups is 1. The lowest BCUT2D eigenvalue weighted by atomic mass is 9.91. The highest BCUT2D eigenvalue weighted by Crippen LogP contribution is 2.32. The van der Waals surface area contributed by atoms with Gasteiger partial charge in [0.15, 0.2) is 0 Å². The Hall–Kier alpha value is -2.60. The highest BCUT2D eigenvalue weighted by Gasteiger charge is 2.25. The molecule has 0 spiro atoms. The topological polar surface area (TPSA) is 78.7 Å². The average Bonchev–Trinajstić information content (AvgIpc) is 2.91. The Balaban J connectivity index is 2.24. The van der Waals surface area contributed by atoms with Gasteiger partial charge in [-0.25, -0.2) is 10.5 Å². The summed E-state index contributed by atoms with van der Waals surface area (Å²) in [5, 5.41) is 12.8. The highest BCUT2D eigenvalue weighted by molar-refractivity contribution is 5.84. The molecule has 0 saturated carbocycles. The van der Waals surface area contributed by atoms with E-state index in [-0.39, 0.29) is 12.0 Å². The van der Waals surface area contributed by atoms with Gasteiger partial charge in [-0.1, -0.05) is 39.0 Å². The minimum absolute atomic E-state index is 0.0403. The van der Waals surface area contributed by atoms with E-state index >= 15 is 0 Å². The summed E-state index contributed by atoms with van der Waals surface area (Å²) in [5.41, 5.74) is 4.33. The van der Waals surface area contributed by atoms with Crippen molar-refractivity contribution in [2.75, 3.05) is 11.9 Å². The summed E-state index contributed by atoms with van der Waals surface area (Å²) < 4.78 is 2.12. The molecule has 0 fully saturated rings. The number of para-hydroxylation sites is 1. The van der Waals surface area contributed by atoms with E-state index in [1.165, 1.54) is 0 Å². The molecule has 0 atom stereocenters. The normalized spacial score (nSPS) is 11.8. The van der Waals surface area contributed by atoms with Gasteiger partial charge in [0.2, 0.25) is 0 Å². The summed E-state index contributed by atoms with van der Waals surface area (Å²) in [7, 11) is 0. The molecular formula is C17H20N4O2. The van der Waals surface area contributed by atoms with Crippen LogP contribution in [0.3, 0.4) is 0 Å². The number of anilines is 1. The SMILES string of the molecule is CC(C)(C)c1c(NCC(=O)NO)nc2ccc3ccccc3n12. The number of fused-ring (bicyclic) bond motifs is 3. The standard InChI is InChI=1S/C17H20N4O2/c1-17(2,3)15-16(18-10-14(22)20-23)19-13-9-8-11-6-4-5-7-12(11)21(13)15/h4-9,18,23H,10H2,1-3H3,(H,20,22). The molecule has 0 bridgehead atoms. The van der Waals surface area contributed by atoms with Crippen LogP contribution < -0.4 is 10.8 Å². The van der Waals surface area contributed by atoms with Gasteiger partial charge in [-0.2, -0.15) is 0 Å². The maximum Gasteiger partial charge on any atom is 0.262 e. The lowest BCUT2D eigenvalue weighted by molar-refractivity contribution is -0.127. The van der Waals surface area contributed by atoms with E-state index in [9.17, 15) is 4.79 Å². The third kappa shape index (κ3) is 2.73. The third-order valence-corrected chi connectivity index (χ3v) is 3.74. The van der Waals surface area contributed by atoms with Gasteiger partial charge in [-0.15, -0.1) is 0 Å². The quantitative estimate of drug-likeness (QED) is 0.513. The van der Waals surface area contributed by atoms with E-state index in [0.29, 0.717) is 5.82 Å². The van der Waals surface area contributed by atoms with Crippen molar-refractivity contribution < 1.29 is 10.0 Å². The van der Waals surface area contributed by atoms with E-state index in [1.54, 1.807) is 5.48 Å². The lowest BCUT2D eigenvalue weighted by Gasteiger charge is -2.21. The van der Waals surface area contributed by atoms with Crippen LogP contribution in [0.1, 0.15) is 26.5 Å². The maximum atomic E-state index is 11.3. The fraction of sp³-hybridized carbons (Fsp3) is 0.294. The van der Waals surface area contributed by atoms with Crippen molar-refractivity contribution in [3.05, 3.63) is 42.1 Å². The van der Waals surface area contributed by atoms with Crippen LogP contribution in [0.25, 0.3) is 16.6 Å². The van der Waals surface area contributed by atoms with Crippen molar-refractivity contribution in [3.8, 4) is 0 Å². The Morgan fingerprint density at radius 3 is 2.65 bits per heavy atom. The molecule has 2 heterocycles.